The zero-order chi connectivity index (χ0) is 13.4. The fourth-order valence-corrected chi connectivity index (χ4v) is 1.79. The van der Waals surface area contributed by atoms with Crippen LogP contribution in [0.4, 0.5) is 8.78 Å². The van der Waals surface area contributed by atoms with E-state index < -0.39 is 11.3 Å². The minimum Gasteiger partial charge on any atom is -0.330 e. The van der Waals surface area contributed by atoms with Gasteiger partial charge < -0.3 is 5.73 Å². The number of aryl methyl sites for hydroxylation is 3. The van der Waals surface area contributed by atoms with Gasteiger partial charge in [-0.15, -0.1) is 0 Å². The van der Waals surface area contributed by atoms with Crippen molar-refractivity contribution >= 4 is 0 Å². The standard InChI is InChI=1S/C14H21F2N/c1-9-6-11(3)12(7-10(9)2)14(15,16)13(4,5)8-17/h6-7H,8,17H2,1-5H3. The highest BCUT2D eigenvalue weighted by Crippen LogP contribution is 2.45. The van der Waals surface area contributed by atoms with Crippen LogP contribution in [0.25, 0.3) is 0 Å². The molecule has 0 atom stereocenters. The van der Waals surface area contributed by atoms with E-state index in [2.05, 4.69) is 0 Å². The second-order valence-corrected chi connectivity index (χ2v) is 5.41. The normalized spacial score (nSPS) is 12.9. The van der Waals surface area contributed by atoms with Gasteiger partial charge in [0, 0.05) is 17.5 Å². The van der Waals surface area contributed by atoms with Crippen LogP contribution in [-0.2, 0) is 5.92 Å². The average Bonchev–Trinajstić information content (AvgIpc) is 2.22. The molecule has 1 aromatic rings. The van der Waals surface area contributed by atoms with Crippen LogP contribution in [0.1, 0.15) is 36.1 Å². The van der Waals surface area contributed by atoms with E-state index in [1.54, 1.807) is 13.0 Å². The molecule has 96 valence electrons. The third kappa shape index (κ3) is 2.34. The summed E-state index contributed by atoms with van der Waals surface area (Å²) in [6.45, 7) is 8.46. The average molecular weight is 241 g/mol. The van der Waals surface area contributed by atoms with Gasteiger partial charge >= 0.3 is 0 Å². The molecular weight excluding hydrogens is 220 g/mol. The summed E-state index contributed by atoms with van der Waals surface area (Å²) in [7, 11) is 0. The quantitative estimate of drug-likeness (QED) is 0.858. The van der Waals surface area contributed by atoms with Gasteiger partial charge in [-0.25, -0.2) is 8.78 Å². The maximum Gasteiger partial charge on any atom is 0.279 e. The maximum absolute atomic E-state index is 14.4. The monoisotopic (exact) mass is 241 g/mol. The Balaban J connectivity index is 3.38. The number of nitrogens with two attached hydrogens (primary N) is 1. The van der Waals surface area contributed by atoms with Crippen molar-refractivity contribution in [1.29, 1.82) is 0 Å². The number of rotatable bonds is 3. The molecule has 0 bridgehead atoms. The van der Waals surface area contributed by atoms with Gasteiger partial charge in [0.1, 0.15) is 0 Å². The lowest BCUT2D eigenvalue weighted by molar-refractivity contribution is -0.109. The topological polar surface area (TPSA) is 26.0 Å². The predicted molar refractivity (Wildman–Crippen MR) is 67.4 cm³/mol. The molecule has 0 unspecified atom stereocenters. The van der Waals surface area contributed by atoms with Crippen molar-refractivity contribution in [3.05, 3.63) is 34.4 Å². The molecule has 0 saturated carbocycles. The molecule has 0 aliphatic rings. The highest BCUT2D eigenvalue weighted by Gasteiger charge is 2.47. The molecule has 1 nitrogen and oxygen atoms in total. The molecule has 0 aliphatic carbocycles. The van der Waals surface area contributed by atoms with E-state index in [1.807, 2.05) is 19.9 Å². The summed E-state index contributed by atoms with van der Waals surface area (Å²) >= 11 is 0. The number of hydrogen-bond acceptors (Lipinski definition) is 1. The second-order valence-electron chi connectivity index (χ2n) is 5.41. The number of benzene rings is 1. The van der Waals surface area contributed by atoms with E-state index in [9.17, 15) is 8.78 Å². The Bertz CT molecular complexity index is 422. The number of halogens is 2. The lowest BCUT2D eigenvalue weighted by atomic mass is 9.79. The molecule has 2 N–H and O–H groups in total. The van der Waals surface area contributed by atoms with E-state index >= 15 is 0 Å². The zero-order valence-corrected chi connectivity index (χ0v) is 11.2. The smallest absolute Gasteiger partial charge is 0.279 e. The highest BCUT2D eigenvalue weighted by atomic mass is 19.3. The highest BCUT2D eigenvalue weighted by molar-refractivity contribution is 5.39. The van der Waals surface area contributed by atoms with Gasteiger partial charge in [0.25, 0.3) is 5.92 Å². The Morgan fingerprint density at radius 1 is 1.00 bits per heavy atom. The molecule has 0 spiro atoms. The first-order valence-electron chi connectivity index (χ1n) is 5.79. The molecule has 1 aromatic carbocycles. The van der Waals surface area contributed by atoms with E-state index in [0.717, 1.165) is 11.1 Å². The summed E-state index contributed by atoms with van der Waals surface area (Å²) in [4.78, 5) is 0. The van der Waals surface area contributed by atoms with Gasteiger partial charge in [0.05, 0.1) is 0 Å². The molecule has 0 fully saturated rings. The van der Waals surface area contributed by atoms with Gasteiger partial charge in [-0.05, 0) is 43.5 Å². The Morgan fingerprint density at radius 3 is 1.94 bits per heavy atom. The third-order valence-corrected chi connectivity index (χ3v) is 3.54. The van der Waals surface area contributed by atoms with Crippen molar-refractivity contribution in [2.45, 2.75) is 40.5 Å². The summed E-state index contributed by atoms with van der Waals surface area (Å²) in [5, 5.41) is 0. The van der Waals surface area contributed by atoms with Gasteiger partial charge in [-0.2, -0.15) is 0 Å². The molecule has 3 heteroatoms. The summed E-state index contributed by atoms with van der Waals surface area (Å²) in [6, 6.07) is 3.40. The van der Waals surface area contributed by atoms with Crippen LogP contribution in [0.2, 0.25) is 0 Å². The van der Waals surface area contributed by atoms with E-state index in [-0.39, 0.29) is 12.1 Å². The van der Waals surface area contributed by atoms with Crippen molar-refractivity contribution in [2.24, 2.45) is 11.1 Å². The van der Waals surface area contributed by atoms with Crippen LogP contribution in [0.15, 0.2) is 12.1 Å². The van der Waals surface area contributed by atoms with Gasteiger partial charge in [-0.3, -0.25) is 0 Å². The first-order valence-corrected chi connectivity index (χ1v) is 5.79. The summed E-state index contributed by atoms with van der Waals surface area (Å²) in [5.41, 5.74) is 6.87. The molecular formula is C14H21F2N. The van der Waals surface area contributed by atoms with Crippen molar-refractivity contribution < 1.29 is 8.78 Å². The molecule has 0 radical (unpaired) electrons. The Hall–Kier alpha value is -0.960. The number of alkyl halides is 2. The van der Waals surface area contributed by atoms with Gasteiger partial charge in [0.2, 0.25) is 0 Å². The van der Waals surface area contributed by atoms with Crippen LogP contribution in [0.5, 0.6) is 0 Å². The lowest BCUT2D eigenvalue weighted by Crippen LogP contribution is -2.40. The number of hydrogen-bond donors (Lipinski definition) is 1. The van der Waals surface area contributed by atoms with E-state index in [0.29, 0.717) is 5.56 Å². The first kappa shape index (κ1) is 14.1. The van der Waals surface area contributed by atoms with Crippen molar-refractivity contribution in [3.8, 4) is 0 Å². The molecule has 1 rings (SSSR count). The Labute approximate surface area is 102 Å². The lowest BCUT2D eigenvalue weighted by Gasteiger charge is -2.34. The van der Waals surface area contributed by atoms with Crippen molar-refractivity contribution in [3.63, 3.8) is 0 Å². The van der Waals surface area contributed by atoms with Crippen LogP contribution >= 0.6 is 0 Å². The summed E-state index contributed by atoms with van der Waals surface area (Å²) in [5.74, 6) is -2.91. The van der Waals surface area contributed by atoms with Crippen LogP contribution in [-0.4, -0.2) is 6.54 Å². The Morgan fingerprint density at radius 2 is 1.47 bits per heavy atom. The molecule has 0 aliphatic heterocycles. The second kappa shape index (κ2) is 4.37. The van der Waals surface area contributed by atoms with Gasteiger partial charge in [0.15, 0.2) is 0 Å². The minimum absolute atomic E-state index is 0.0492. The first-order chi connectivity index (χ1) is 7.63. The molecule has 0 amide bonds. The Kier molecular flexibility index (Phi) is 3.63. The fraction of sp³-hybridized carbons (Fsp3) is 0.571. The molecule has 17 heavy (non-hydrogen) atoms. The SMILES string of the molecule is Cc1cc(C)c(C(F)(F)C(C)(C)CN)cc1C. The van der Waals surface area contributed by atoms with Crippen LogP contribution < -0.4 is 5.73 Å². The van der Waals surface area contributed by atoms with Crippen molar-refractivity contribution in [1.82, 2.24) is 0 Å². The molecule has 0 saturated heterocycles. The van der Waals surface area contributed by atoms with Crippen molar-refractivity contribution in [2.75, 3.05) is 6.54 Å². The van der Waals surface area contributed by atoms with Crippen LogP contribution in [0, 0.1) is 26.2 Å². The van der Waals surface area contributed by atoms with E-state index in [1.165, 1.54) is 13.8 Å². The zero-order valence-electron chi connectivity index (χ0n) is 11.2. The summed E-state index contributed by atoms with van der Waals surface area (Å²) in [6.07, 6.45) is 0. The minimum atomic E-state index is -2.91. The third-order valence-electron chi connectivity index (χ3n) is 3.54. The fourth-order valence-electron chi connectivity index (χ4n) is 1.79. The largest absolute Gasteiger partial charge is 0.330 e. The van der Waals surface area contributed by atoms with E-state index in [4.69, 9.17) is 5.73 Å². The molecule has 0 heterocycles. The summed E-state index contributed by atoms with van der Waals surface area (Å²) < 4.78 is 28.9. The van der Waals surface area contributed by atoms with Gasteiger partial charge in [-0.1, -0.05) is 19.9 Å². The predicted octanol–water partition coefficient (Wildman–Crippen LogP) is 3.69. The molecule has 0 aromatic heterocycles. The maximum atomic E-state index is 14.4. The van der Waals surface area contributed by atoms with Crippen LogP contribution in [0.3, 0.4) is 0 Å².